The van der Waals surface area contributed by atoms with Gasteiger partial charge in [-0.1, -0.05) is 6.07 Å². The van der Waals surface area contributed by atoms with Gasteiger partial charge in [-0.05, 0) is 37.5 Å². The van der Waals surface area contributed by atoms with Crippen molar-refractivity contribution in [2.24, 2.45) is 0 Å². The average molecular weight is 320 g/mol. The van der Waals surface area contributed by atoms with E-state index in [1.54, 1.807) is 15.9 Å². The Morgan fingerprint density at radius 3 is 2.61 bits per heavy atom. The summed E-state index contributed by atoms with van der Waals surface area (Å²) in [5, 5.41) is 0. The standard InChI is InChI=1S/C17H21FN2O3/c18-14-5-1-4-13(12-14)16(21)19-7-3-8-20(10-9-19)17(22)15-6-2-11-23-15/h1,4-5,12,15H,2-3,6-11H2. The SMILES string of the molecule is O=C(c1cccc(F)c1)N1CCCN(C(=O)C2CCCO2)CC1. The van der Waals surface area contributed by atoms with Crippen LogP contribution in [-0.4, -0.2) is 60.5 Å². The van der Waals surface area contributed by atoms with Gasteiger partial charge in [-0.15, -0.1) is 0 Å². The maximum Gasteiger partial charge on any atom is 0.254 e. The van der Waals surface area contributed by atoms with Crippen LogP contribution in [0.25, 0.3) is 0 Å². The maximum atomic E-state index is 13.3. The third-order valence-corrected chi connectivity index (χ3v) is 4.37. The highest BCUT2D eigenvalue weighted by Crippen LogP contribution is 2.17. The quantitative estimate of drug-likeness (QED) is 0.833. The molecule has 2 saturated heterocycles. The molecule has 2 aliphatic heterocycles. The molecule has 0 saturated carbocycles. The third-order valence-electron chi connectivity index (χ3n) is 4.37. The van der Waals surface area contributed by atoms with Crippen LogP contribution in [0.15, 0.2) is 24.3 Å². The molecule has 0 N–H and O–H groups in total. The van der Waals surface area contributed by atoms with Crippen molar-refractivity contribution >= 4 is 11.8 Å². The van der Waals surface area contributed by atoms with Gasteiger partial charge in [0.1, 0.15) is 11.9 Å². The number of carbonyl (C=O) groups is 2. The molecular formula is C17H21FN2O3. The second-order valence-electron chi connectivity index (χ2n) is 5.98. The fraction of sp³-hybridized carbons (Fsp3) is 0.529. The molecule has 1 unspecified atom stereocenters. The molecule has 0 aliphatic carbocycles. The molecule has 0 aromatic heterocycles. The summed E-state index contributed by atoms with van der Waals surface area (Å²) in [7, 11) is 0. The summed E-state index contributed by atoms with van der Waals surface area (Å²) in [5.74, 6) is -0.570. The van der Waals surface area contributed by atoms with E-state index in [0.29, 0.717) is 38.3 Å². The van der Waals surface area contributed by atoms with Gasteiger partial charge in [-0.2, -0.15) is 0 Å². The Morgan fingerprint density at radius 2 is 1.87 bits per heavy atom. The molecule has 124 valence electrons. The number of rotatable bonds is 2. The first-order valence-corrected chi connectivity index (χ1v) is 8.10. The lowest BCUT2D eigenvalue weighted by atomic mass is 10.2. The molecule has 0 spiro atoms. The molecule has 6 heteroatoms. The van der Waals surface area contributed by atoms with Crippen LogP contribution in [0.5, 0.6) is 0 Å². The largest absolute Gasteiger partial charge is 0.368 e. The lowest BCUT2D eigenvalue weighted by Gasteiger charge is -2.24. The van der Waals surface area contributed by atoms with Crippen LogP contribution in [-0.2, 0) is 9.53 Å². The van der Waals surface area contributed by atoms with E-state index in [4.69, 9.17) is 4.74 Å². The van der Waals surface area contributed by atoms with Crippen LogP contribution in [0.3, 0.4) is 0 Å². The molecule has 0 radical (unpaired) electrons. The number of benzene rings is 1. The van der Waals surface area contributed by atoms with Crippen molar-refractivity contribution < 1.29 is 18.7 Å². The molecule has 3 rings (SSSR count). The van der Waals surface area contributed by atoms with Crippen LogP contribution >= 0.6 is 0 Å². The van der Waals surface area contributed by atoms with Crippen molar-refractivity contribution in [3.63, 3.8) is 0 Å². The molecule has 2 amide bonds. The Morgan fingerprint density at radius 1 is 1.09 bits per heavy atom. The summed E-state index contributed by atoms with van der Waals surface area (Å²) in [6.07, 6.45) is 2.11. The Labute approximate surface area is 135 Å². The monoisotopic (exact) mass is 320 g/mol. The van der Waals surface area contributed by atoms with Crippen molar-refractivity contribution in [1.29, 1.82) is 0 Å². The van der Waals surface area contributed by atoms with Gasteiger partial charge in [0.05, 0.1) is 0 Å². The van der Waals surface area contributed by atoms with Gasteiger partial charge in [-0.3, -0.25) is 9.59 Å². The van der Waals surface area contributed by atoms with E-state index in [0.717, 1.165) is 19.3 Å². The zero-order valence-corrected chi connectivity index (χ0v) is 13.0. The number of hydrogen-bond acceptors (Lipinski definition) is 3. The molecule has 23 heavy (non-hydrogen) atoms. The first kappa shape index (κ1) is 15.9. The Balaban J connectivity index is 1.61. The zero-order valence-electron chi connectivity index (χ0n) is 13.0. The second kappa shape index (κ2) is 7.08. The molecular weight excluding hydrogens is 299 g/mol. The number of nitrogens with zero attached hydrogens (tertiary/aromatic N) is 2. The highest BCUT2D eigenvalue weighted by molar-refractivity contribution is 5.94. The van der Waals surface area contributed by atoms with Gasteiger partial charge in [0.25, 0.3) is 11.8 Å². The molecule has 1 atom stereocenters. The summed E-state index contributed by atoms with van der Waals surface area (Å²) in [5.41, 5.74) is 0.351. The minimum Gasteiger partial charge on any atom is -0.368 e. The van der Waals surface area contributed by atoms with Gasteiger partial charge in [0.2, 0.25) is 0 Å². The summed E-state index contributed by atoms with van der Waals surface area (Å²) in [4.78, 5) is 28.3. The van der Waals surface area contributed by atoms with Gasteiger partial charge in [-0.25, -0.2) is 4.39 Å². The average Bonchev–Trinajstić information content (AvgIpc) is 2.98. The summed E-state index contributed by atoms with van der Waals surface area (Å²) < 4.78 is 18.7. The van der Waals surface area contributed by atoms with Gasteiger partial charge < -0.3 is 14.5 Å². The second-order valence-corrected chi connectivity index (χ2v) is 5.98. The van der Waals surface area contributed by atoms with E-state index in [2.05, 4.69) is 0 Å². The summed E-state index contributed by atoms with van der Waals surface area (Å²) >= 11 is 0. The van der Waals surface area contributed by atoms with Gasteiger partial charge in [0, 0.05) is 38.3 Å². The Bertz CT molecular complexity index is 587. The molecule has 1 aromatic rings. The van der Waals surface area contributed by atoms with E-state index in [-0.39, 0.29) is 17.9 Å². The van der Waals surface area contributed by atoms with E-state index < -0.39 is 5.82 Å². The number of hydrogen-bond donors (Lipinski definition) is 0. The van der Waals surface area contributed by atoms with Crippen molar-refractivity contribution in [3.05, 3.63) is 35.6 Å². The zero-order chi connectivity index (χ0) is 16.2. The fourth-order valence-electron chi connectivity index (χ4n) is 3.12. The van der Waals surface area contributed by atoms with Gasteiger partial charge >= 0.3 is 0 Å². The minimum atomic E-state index is -0.416. The van der Waals surface area contributed by atoms with Crippen LogP contribution in [0.2, 0.25) is 0 Å². The molecule has 2 aliphatic rings. The van der Waals surface area contributed by atoms with Crippen LogP contribution in [0.1, 0.15) is 29.6 Å². The van der Waals surface area contributed by atoms with Crippen molar-refractivity contribution in [2.75, 3.05) is 32.8 Å². The Hall–Kier alpha value is -1.95. The van der Waals surface area contributed by atoms with Crippen molar-refractivity contribution in [2.45, 2.75) is 25.4 Å². The number of ether oxygens (including phenoxy) is 1. The highest BCUT2D eigenvalue weighted by atomic mass is 19.1. The highest BCUT2D eigenvalue weighted by Gasteiger charge is 2.30. The number of halogens is 1. The number of carbonyl (C=O) groups excluding carboxylic acids is 2. The van der Waals surface area contributed by atoms with E-state index in [9.17, 15) is 14.0 Å². The fourth-order valence-corrected chi connectivity index (χ4v) is 3.12. The van der Waals surface area contributed by atoms with E-state index >= 15 is 0 Å². The van der Waals surface area contributed by atoms with Crippen molar-refractivity contribution in [3.8, 4) is 0 Å². The lowest BCUT2D eigenvalue weighted by Crippen LogP contribution is -2.41. The van der Waals surface area contributed by atoms with E-state index in [1.807, 2.05) is 0 Å². The maximum absolute atomic E-state index is 13.3. The van der Waals surface area contributed by atoms with Gasteiger partial charge in [0.15, 0.2) is 0 Å². The lowest BCUT2D eigenvalue weighted by molar-refractivity contribution is -0.140. The summed E-state index contributed by atoms with van der Waals surface area (Å²) in [6.45, 7) is 2.82. The number of amides is 2. The van der Waals surface area contributed by atoms with Crippen LogP contribution in [0.4, 0.5) is 4.39 Å². The Kier molecular flexibility index (Phi) is 4.91. The van der Waals surface area contributed by atoms with Crippen LogP contribution in [0, 0.1) is 5.82 Å². The summed E-state index contributed by atoms with van der Waals surface area (Å²) in [6, 6.07) is 5.73. The topological polar surface area (TPSA) is 49.9 Å². The first-order valence-electron chi connectivity index (χ1n) is 8.10. The van der Waals surface area contributed by atoms with E-state index in [1.165, 1.54) is 18.2 Å². The van der Waals surface area contributed by atoms with Crippen LogP contribution < -0.4 is 0 Å². The predicted molar refractivity (Wildman–Crippen MR) is 82.5 cm³/mol. The normalized spacial score (nSPS) is 22.0. The predicted octanol–water partition coefficient (Wildman–Crippen LogP) is 1.68. The van der Waals surface area contributed by atoms with Crippen molar-refractivity contribution in [1.82, 2.24) is 9.80 Å². The minimum absolute atomic E-state index is 0.0301. The first-order chi connectivity index (χ1) is 11.1. The molecule has 2 heterocycles. The smallest absolute Gasteiger partial charge is 0.254 e. The third kappa shape index (κ3) is 3.69. The molecule has 1 aromatic carbocycles. The molecule has 2 fully saturated rings. The molecule has 5 nitrogen and oxygen atoms in total. The molecule has 0 bridgehead atoms.